The number of phenolic OH excluding ortho intramolecular Hbond substituents is 1. The first kappa shape index (κ1) is 8.51. The van der Waals surface area contributed by atoms with Gasteiger partial charge >= 0.3 is 0 Å². The van der Waals surface area contributed by atoms with Crippen LogP contribution in [0.25, 0.3) is 10.1 Å². The molecule has 68 valence electrons. The summed E-state index contributed by atoms with van der Waals surface area (Å²) in [5.41, 5.74) is 0.663. The second-order valence-electron chi connectivity index (χ2n) is 2.99. The quantitative estimate of drug-likeness (QED) is 0.738. The molecule has 3 heteroatoms. The minimum Gasteiger partial charge on any atom is -0.508 e. The first-order valence-corrected chi connectivity index (χ1v) is 4.90. The van der Waals surface area contributed by atoms with Crippen LogP contribution in [0.2, 0.25) is 0 Å². The highest BCUT2D eigenvalue weighted by molar-refractivity contribution is 7.17. The molecule has 0 aliphatic rings. The van der Waals surface area contributed by atoms with Crippen molar-refractivity contribution in [1.29, 1.82) is 0 Å². The second kappa shape index (κ2) is 3.00. The maximum atomic E-state index is 13.1. The SMILES string of the molecule is CC(F)c1csc2ccc(O)cc12. The molecule has 2 rings (SSSR count). The first-order valence-electron chi connectivity index (χ1n) is 4.02. The van der Waals surface area contributed by atoms with Crippen LogP contribution in [-0.4, -0.2) is 5.11 Å². The van der Waals surface area contributed by atoms with Gasteiger partial charge in [-0.05, 0) is 30.5 Å². The molecule has 1 aromatic carbocycles. The van der Waals surface area contributed by atoms with E-state index in [1.165, 1.54) is 18.3 Å². The zero-order valence-electron chi connectivity index (χ0n) is 7.12. The van der Waals surface area contributed by atoms with Gasteiger partial charge in [-0.25, -0.2) is 4.39 Å². The minimum atomic E-state index is -0.976. The lowest BCUT2D eigenvalue weighted by molar-refractivity contribution is 0.377. The zero-order valence-corrected chi connectivity index (χ0v) is 7.94. The summed E-state index contributed by atoms with van der Waals surface area (Å²) in [6.45, 7) is 1.51. The number of aromatic hydroxyl groups is 1. The summed E-state index contributed by atoms with van der Waals surface area (Å²) in [5.74, 6) is 0.188. The van der Waals surface area contributed by atoms with Gasteiger partial charge in [-0.3, -0.25) is 0 Å². The number of alkyl halides is 1. The third-order valence-electron chi connectivity index (χ3n) is 2.02. The molecule has 0 aliphatic carbocycles. The van der Waals surface area contributed by atoms with Crippen LogP contribution in [0.1, 0.15) is 18.7 Å². The zero-order chi connectivity index (χ0) is 9.42. The van der Waals surface area contributed by atoms with Crippen molar-refractivity contribution in [2.75, 3.05) is 0 Å². The molecule has 0 amide bonds. The summed E-state index contributed by atoms with van der Waals surface area (Å²) in [7, 11) is 0. The highest BCUT2D eigenvalue weighted by atomic mass is 32.1. The molecular formula is C10H9FOS. The van der Waals surface area contributed by atoms with Gasteiger partial charge in [0.1, 0.15) is 11.9 Å². The van der Waals surface area contributed by atoms with Crippen LogP contribution < -0.4 is 0 Å². The van der Waals surface area contributed by atoms with Gasteiger partial charge < -0.3 is 5.11 Å². The van der Waals surface area contributed by atoms with Gasteiger partial charge in [0, 0.05) is 15.6 Å². The van der Waals surface area contributed by atoms with E-state index in [0.717, 1.165) is 10.1 Å². The van der Waals surface area contributed by atoms with Crippen molar-refractivity contribution in [3.05, 3.63) is 29.1 Å². The molecule has 1 nitrogen and oxygen atoms in total. The van der Waals surface area contributed by atoms with Crippen molar-refractivity contribution in [1.82, 2.24) is 0 Å². The van der Waals surface area contributed by atoms with Crippen molar-refractivity contribution in [3.63, 3.8) is 0 Å². The summed E-state index contributed by atoms with van der Waals surface area (Å²) in [5, 5.41) is 11.9. The van der Waals surface area contributed by atoms with Crippen LogP contribution in [0.4, 0.5) is 4.39 Å². The van der Waals surface area contributed by atoms with Gasteiger partial charge in [0.15, 0.2) is 0 Å². The van der Waals surface area contributed by atoms with Crippen LogP contribution >= 0.6 is 11.3 Å². The number of rotatable bonds is 1. The highest BCUT2D eigenvalue weighted by Gasteiger charge is 2.10. The maximum absolute atomic E-state index is 13.1. The molecule has 1 heterocycles. The molecule has 1 unspecified atom stereocenters. The molecule has 0 aliphatic heterocycles. The molecule has 0 bridgehead atoms. The van der Waals surface area contributed by atoms with Gasteiger partial charge in [0.2, 0.25) is 0 Å². The topological polar surface area (TPSA) is 20.2 Å². The number of hydrogen-bond donors (Lipinski definition) is 1. The Balaban J connectivity index is 2.71. The van der Waals surface area contributed by atoms with E-state index < -0.39 is 6.17 Å². The fourth-order valence-electron chi connectivity index (χ4n) is 1.34. The molecule has 0 fully saturated rings. The fraction of sp³-hybridized carbons (Fsp3) is 0.200. The van der Waals surface area contributed by atoms with Crippen LogP contribution in [0.15, 0.2) is 23.6 Å². The molecule has 0 radical (unpaired) electrons. The Bertz CT molecular complexity index is 433. The molecule has 0 saturated heterocycles. The lowest BCUT2D eigenvalue weighted by Crippen LogP contribution is -1.81. The number of benzene rings is 1. The average molecular weight is 196 g/mol. The van der Waals surface area contributed by atoms with E-state index in [-0.39, 0.29) is 5.75 Å². The summed E-state index contributed by atoms with van der Waals surface area (Å²) in [6.07, 6.45) is -0.976. The van der Waals surface area contributed by atoms with E-state index in [1.54, 1.807) is 23.6 Å². The number of fused-ring (bicyclic) bond motifs is 1. The molecular weight excluding hydrogens is 187 g/mol. The predicted molar refractivity (Wildman–Crippen MR) is 53.0 cm³/mol. The van der Waals surface area contributed by atoms with Gasteiger partial charge in [0.25, 0.3) is 0 Å². The van der Waals surface area contributed by atoms with Crippen molar-refractivity contribution in [2.45, 2.75) is 13.1 Å². The van der Waals surface area contributed by atoms with E-state index >= 15 is 0 Å². The fourth-order valence-corrected chi connectivity index (χ4v) is 2.36. The van der Waals surface area contributed by atoms with Gasteiger partial charge in [-0.1, -0.05) is 0 Å². The molecule has 1 atom stereocenters. The van der Waals surface area contributed by atoms with Crippen LogP contribution in [-0.2, 0) is 0 Å². The summed E-state index contributed by atoms with van der Waals surface area (Å²) < 4.78 is 14.1. The summed E-state index contributed by atoms with van der Waals surface area (Å²) in [6, 6.07) is 5.03. The van der Waals surface area contributed by atoms with Crippen molar-refractivity contribution < 1.29 is 9.50 Å². The van der Waals surface area contributed by atoms with Gasteiger partial charge in [0.05, 0.1) is 0 Å². The Hall–Kier alpha value is -1.09. The van der Waals surface area contributed by atoms with E-state index in [1.807, 2.05) is 0 Å². The molecule has 0 saturated carbocycles. The van der Waals surface area contributed by atoms with Gasteiger partial charge in [-0.15, -0.1) is 11.3 Å². The number of phenols is 1. The van der Waals surface area contributed by atoms with Crippen molar-refractivity contribution >= 4 is 21.4 Å². The van der Waals surface area contributed by atoms with Crippen LogP contribution in [0.3, 0.4) is 0 Å². The molecule has 1 N–H and O–H groups in total. The standard InChI is InChI=1S/C10H9FOS/c1-6(11)9-5-13-10-3-2-7(12)4-8(9)10/h2-6,12H,1H3. The first-order chi connectivity index (χ1) is 6.18. The number of halogens is 1. The Labute approximate surface area is 79.4 Å². The summed E-state index contributed by atoms with van der Waals surface area (Å²) in [4.78, 5) is 0. The van der Waals surface area contributed by atoms with E-state index in [2.05, 4.69) is 0 Å². The number of hydrogen-bond acceptors (Lipinski definition) is 2. The average Bonchev–Trinajstić information content (AvgIpc) is 2.46. The lowest BCUT2D eigenvalue weighted by atomic mass is 10.1. The largest absolute Gasteiger partial charge is 0.508 e. The van der Waals surface area contributed by atoms with E-state index in [9.17, 15) is 9.50 Å². The maximum Gasteiger partial charge on any atom is 0.124 e. The predicted octanol–water partition coefficient (Wildman–Crippen LogP) is 3.64. The van der Waals surface area contributed by atoms with Crippen LogP contribution in [0.5, 0.6) is 5.75 Å². The Morgan fingerprint density at radius 1 is 1.46 bits per heavy atom. The Morgan fingerprint density at radius 2 is 2.23 bits per heavy atom. The monoisotopic (exact) mass is 196 g/mol. The minimum absolute atomic E-state index is 0.188. The molecule has 13 heavy (non-hydrogen) atoms. The molecule has 0 spiro atoms. The van der Waals surface area contributed by atoms with Crippen molar-refractivity contribution in [3.8, 4) is 5.75 Å². The highest BCUT2D eigenvalue weighted by Crippen LogP contribution is 2.33. The van der Waals surface area contributed by atoms with Crippen molar-refractivity contribution in [2.24, 2.45) is 0 Å². The molecule has 2 aromatic rings. The second-order valence-corrected chi connectivity index (χ2v) is 3.90. The third kappa shape index (κ3) is 1.40. The molecule has 1 aromatic heterocycles. The summed E-state index contributed by atoms with van der Waals surface area (Å²) >= 11 is 1.50. The Kier molecular flexibility index (Phi) is 1.96. The normalized spacial score (nSPS) is 13.4. The Morgan fingerprint density at radius 3 is 2.92 bits per heavy atom. The smallest absolute Gasteiger partial charge is 0.124 e. The van der Waals surface area contributed by atoms with E-state index in [4.69, 9.17) is 0 Å². The van der Waals surface area contributed by atoms with Crippen LogP contribution in [0, 0.1) is 0 Å². The van der Waals surface area contributed by atoms with Gasteiger partial charge in [-0.2, -0.15) is 0 Å². The third-order valence-corrected chi connectivity index (χ3v) is 3.00. The van der Waals surface area contributed by atoms with E-state index in [0.29, 0.717) is 5.56 Å². The number of thiophene rings is 1. The lowest BCUT2D eigenvalue weighted by Gasteiger charge is -1.99.